The van der Waals surface area contributed by atoms with Gasteiger partial charge in [0.25, 0.3) is 5.91 Å². The quantitative estimate of drug-likeness (QED) is 0.438. The second-order valence-corrected chi connectivity index (χ2v) is 7.86. The summed E-state index contributed by atoms with van der Waals surface area (Å²) in [6.45, 7) is 3.63. The predicted molar refractivity (Wildman–Crippen MR) is 126 cm³/mol. The zero-order chi connectivity index (χ0) is 23.4. The fourth-order valence-electron chi connectivity index (χ4n) is 3.46. The van der Waals surface area contributed by atoms with Crippen LogP contribution in [-0.2, 0) is 11.2 Å². The van der Waals surface area contributed by atoms with Crippen LogP contribution in [0.25, 0.3) is 5.69 Å². The minimum atomic E-state index is -0.324. The van der Waals surface area contributed by atoms with Gasteiger partial charge in [0.05, 0.1) is 30.2 Å². The Hall–Kier alpha value is -4.26. The van der Waals surface area contributed by atoms with Crippen LogP contribution in [0.4, 0.5) is 15.8 Å². The Balaban J connectivity index is 1.43. The van der Waals surface area contributed by atoms with Gasteiger partial charge in [-0.05, 0) is 61.4 Å². The zero-order valence-corrected chi connectivity index (χ0v) is 18.3. The number of hydrogen-bond acceptors (Lipinski definition) is 3. The first-order valence-corrected chi connectivity index (χ1v) is 10.5. The van der Waals surface area contributed by atoms with E-state index in [0.717, 1.165) is 11.1 Å². The molecule has 0 bridgehead atoms. The minimum absolute atomic E-state index is 0.136. The Morgan fingerprint density at radius 2 is 1.76 bits per heavy atom. The molecule has 7 heteroatoms. The maximum atomic E-state index is 13.5. The van der Waals surface area contributed by atoms with E-state index in [0.29, 0.717) is 28.2 Å². The van der Waals surface area contributed by atoms with E-state index in [1.165, 1.54) is 12.1 Å². The van der Waals surface area contributed by atoms with Crippen molar-refractivity contribution in [2.75, 3.05) is 10.6 Å². The molecule has 0 aliphatic heterocycles. The van der Waals surface area contributed by atoms with E-state index in [-0.39, 0.29) is 24.1 Å². The molecule has 6 nitrogen and oxygen atoms in total. The Morgan fingerprint density at radius 1 is 0.939 bits per heavy atom. The molecule has 4 aromatic rings. The number of nitrogens with zero attached hydrogens (tertiary/aromatic N) is 2. The van der Waals surface area contributed by atoms with Gasteiger partial charge in [0.2, 0.25) is 5.91 Å². The van der Waals surface area contributed by atoms with Crippen molar-refractivity contribution in [1.29, 1.82) is 0 Å². The highest BCUT2D eigenvalue weighted by Crippen LogP contribution is 2.17. The molecule has 2 amide bonds. The van der Waals surface area contributed by atoms with Crippen molar-refractivity contribution >= 4 is 23.2 Å². The first kappa shape index (κ1) is 22.0. The van der Waals surface area contributed by atoms with E-state index >= 15 is 0 Å². The molecular formula is C26H23FN4O2. The Kier molecular flexibility index (Phi) is 6.31. The summed E-state index contributed by atoms with van der Waals surface area (Å²) in [4.78, 5) is 25.0. The number of rotatable bonds is 6. The van der Waals surface area contributed by atoms with Gasteiger partial charge in [0.1, 0.15) is 5.82 Å². The summed E-state index contributed by atoms with van der Waals surface area (Å²) in [6, 6.07) is 19.2. The molecule has 0 saturated carbocycles. The lowest BCUT2D eigenvalue weighted by atomic mass is 10.1. The van der Waals surface area contributed by atoms with Gasteiger partial charge in [-0.1, -0.05) is 35.9 Å². The maximum absolute atomic E-state index is 13.5. The largest absolute Gasteiger partial charge is 0.323 e. The van der Waals surface area contributed by atoms with E-state index < -0.39 is 0 Å². The summed E-state index contributed by atoms with van der Waals surface area (Å²) < 4.78 is 15.0. The normalized spacial score (nSPS) is 10.6. The molecule has 0 atom stereocenters. The van der Waals surface area contributed by atoms with Gasteiger partial charge in [-0.15, -0.1) is 0 Å². The number of hydrogen-bond donors (Lipinski definition) is 2. The van der Waals surface area contributed by atoms with E-state index in [9.17, 15) is 14.0 Å². The van der Waals surface area contributed by atoms with Gasteiger partial charge in [-0.2, -0.15) is 5.10 Å². The summed E-state index contributed by atoms with van der Waals surface area (Å²) in [5.74, 6) is -0.778. The van der Waals surface area contributed by atoms with Crippen LogP contribution in [0.5, 0.6) is 0 Å². The van der Waals surface area contributed by atoms with E-state index in [2.05, 4.69) is 15.7 Å². The molecule has 0 aliphatic carbocycles. The van der Waals surface area contributed by atoms with E-state index in [4.69, 9.17) is 0 Å². The average Bonchev–Trinajstić information content (AvgIpc) is 3.24. The Bertz CT molecular complexity index is 1330. The SMILES string of the molecule is Cc1cccc(CC(=O)Nc2cnn(-c3cccc(C(=O)Nc4ccc(F)c(C)c4)c3)c2)c1. The van der Waals surface area contributed by atoms with E-state index in [1.807, 2.05) is 37.3 Å². The van der Waals surface area contributed by atoms with Gasteiger partial charge >= 0.3 is 0 Å². The van der Waals surface area contributed by atoms with Crippen molar-refractivity contribution in [3.63, 3.8) is 0 Å². The molecular weight excluding hydrogens is 419 g/mol. The van der Waals surface area contributed by atoms with Crippen LogP contribution in [0.3, 0.4) is 0 Å². The molecule has 0 saturated heterocycles. The topological polar surface area (TPSA) is 76.0 Å². The first-order valence-electron chi connectivity index (χ1n) is 10.5. The van der Waals surface area contributed by atoms with Crippen LogP contribution in [0.1, 0.15) is 27.0 Å². The monoisotopic (exact) mass is 442 g/mol. The second-order valence-electron chi connectivity index (χ2n) is 7.86. The third-order valence-electron chi connectivity index (χ3n) is 5.10. The zero-order valence-electron chi connectivity index (χ0n) is 18.3. The fourth-order valence-corrected chi connectivity index (χ4v) is 3.46. The molecule has 3 aromatic carbocycles. The smallest absolute Gasteiger partial charge is 0.255 e. The third kappa shape index (κ3) is 5.51. The molecule has 4 rings (SSSR count). The number of aromatic nitrogens is 2. The lowest BCUT2D eigenvalue weighted by Crippen LogP contribution is -2.14. The van der Waals surface area contributed by atoms with Crippen molar-refractivity contribution in [3.8, 4) is 5.69 Å². The summed E-state index contributed by atoms with van der Waals surface area (Å²) in [7, 11) is 0. The summed E-state index contributed by atoms with van der Waals surface area (Å²) in [5.41, 5.74) is 4.66. The number of carbonyl (C=O) groups is 2. The number of benzene rings is 3. The number of carbonyl (C=O) groups excluding carboxylic acids is 2. The van der Waals surface area contributed by atoms with Gasteiger partial charge in [-0.3, -0.25) is 9.59 Å². The third-order valence-corrected chi connectivity index (χ3v) is 5.10. The van der Waals surface area contributed by atoms with Crippen LogP contribution in [0.2, 0.25) is 0 Å². The highest BCUT2D eigenvalue weighted by Gasteiger charge is 2.11. The number of halogens is 1. The molecule has 166 valence electrons. The Morgan fingerprint density at radius 3 is 2.55 bits per heavy atom. The molecule has 33 heavy (non-hydrogen) atoms. The fraction of sp³-hybridized carbons (Fsp3) is 0.115. The molecule has 1 heterocycles. The van der Waals surface area contributed by atoms with Crippen molar-refractivity contribution in [2.24, 2.45) is 0 Å². The van der Waals surface area contributed by atoms with Crippen molar-refractivity contribution in [1.82, 2.24) is 9.78 Å². The highest BCUT2D eigenvalue weighted by atomic mass is 19.1. The van der Waals surface area contributed by atoms with Gasteiger partial charge in [0, 0.05) is 11.3 Å². The van der Waals surface area contributed by atoms with Crippen molar-refractivity contribution < 1.29 is 14.0 Å². The van der Waals surface area contributed by atoms with Crippen molar-refractivity contribution in [3.05, 3.63) is 107 Å². The molecule has 1 aromatic heterocycles. The van der Waals surface area contributed by atoms with Gasteiger partial charge in [-0.25, -0.2) is 9.07 Å². The average molecular weight is 442 g/mol. The number of anilines is 2. The molecule has 0 radical (unpaired) electrons. The molecule has 2 N–H and O–H groups in total. The number of nitrogens with one attached hydrogen (secondary N) is 2. The van der Waals surface area contributed by atoms with Crippen LogP contribution in [0.15, 0.2) is 79.1 Å². The van der Waals surface area contributed by atoms with Crippen LogP contribution in [0, 0.1) is 19.7 Å². The lowest BCUT2D eigenvalue weighted by Gasteiger charge is -2.08. The highest BCUT2D eigenvalue weighted by molar-refractivity contribution is 6.04. The van der Waals surface area contributed by atoms with Crippen molar-refractivity contribution in [2.45, 2.75) is 20.3 Å². The van der Waals surface area contributed by atoms with Crippen LogP contribution >= 0.6 is 0 Å². The summed E-state index contributed by atoms with van der Waals surface area (Å²) in [6.07, 6.45) is 3.52. The second kappa shape index (κ2) is 9.48. The molecule has 0 fully saturated rings. The number of amides is 2. The predicted octanol–water partition coefficient (Wildman–Crippen LogP) is 5.06. The molecule has 0 unspecified atom stereocenters. The van der Waals surface area contributed by atoms with Gasteiger partial charge < -0.3 is 10.6 Å². The summed E-state index contributed by atoms with van der Waals surface area (Å²) >= 11 is 0. The first-order chi connectivity index (χ1) is 15.9. The summed E-state index contributed by atoms with van der Waals surface area (Å²) in [5, 5.41) is 9.91. The number of aryl methyl sites for hydroxylation is 2. The van der Waals surface area contributed by atoms with E-state index in [1.54, 1.807) is 48.3 Å². The van der Waals surface area contributed by atoms with Crippen LogP contribution in [-0.4, -0.2) is 21.6 Å². The standard InChI is InChI=1S/C26H23FN4O2/c1-17-5-3-6-19(11-17)13-25(32)29-22-15-28-31(16-22)23-8-4-7-20(14-23)26(33)30-21-9-10-24(27)18(2)12-21/h3-12,14-16H,13H2,1-2H3,(H,29,32)(H,30,33). The van der Waals surface area contributed by atoms with Gasteiger partial charge in [0.15, 0.2) is 0 Å². The van der Waals surface area contributed by atoms with Crippen LogP contribution < -0.4 is 10.6 Å². The molecule has 0 aliphatic rings. The Labute approximate surface area is 191 Å². The lowest BCUT2D eigenvalue weighted by molar-refractivity contribution is -0.115. The minimum Gasteiger partial charge on any atom is -0.323 e. The molecule has 0 spiro atoms. The maximum Gasteiger partial charge on any atom is 0.255 e.